The van der Waals surface area contributed by atoms with Crippen LogP contribution in [0, 0.1) is 10.1 Å². The van der Waals surface area contributed by atoms with E-state index < -0.39 is 15.7 Å². The summed E-state index contributed by atoms with van der Waals surface area (Å²) in [6.45, 7) is 0. The lowest BCUT2D eigenvalue weighted by molar-refractivity contribution is -0.384. The van der Waals surface area contributed by atoms with E-state index in [0.717, 1.165) is 31.5 Å². The molecule has 0 atom stereocenters. The summed E-state index contributed by atoms with van der Waals surface area (Å²) >= 11 is 0. The average molecular weight is 380 g/mol. The number of nitro benzene ring substituents is 1. The van der Waals surface area contributed by atoms with E-state index in [1.807, 2.05) is 0 Å². The Balaban J connectivity index is 2.06. The van der Waals surface area contributed by atoms with Gasteiger partial charge in [0, 0.05) is 38.5 Å². The van der Waals surface area contributed by atoms with Gasteiger partial charge in [-0.15, -0.1) is 10.8 Å². The van der Waals surface area contributed by atoms with E-state index in [2.05, 4.69) is 4.98 Å². The van der Waals surface area contributed by atoms with Crippen molar-refractivity contribution in [3.63, 3.8) is 0 Å². The molecule has 0 spiro atoms. The molecule has 0 aliphatic heterocycles. The van der Waals surface area contributed by atoms with Crippen molar-refractivity contribution in [2.24, 2.45) is 0 Å². The van der Waals surface area contributed by atoms with E-state index in [0.29, 0.717) is 11.6 Å². The normalized spacial score (nSPS) is 16.8. The van der Waals surface area contributed by atoms with E-state index in [1.54, 1.807) is 23.0 Å². The van der Waals surface area contributed by atoms with Gasteiger partial charge in [0.2, 0.25) is 0 Å². The topological polar surface area (TPSA) is 105 Å². The fourth-order valence-corrected chi connectivity index (χ4v) is 4.36. The van der Waals surface area contributed by atoms with Crippen LogP contribution in [0.25, 0.3) is 5.69 Å². The third kappa shape index (κ3) is 3.48. The summed E-state index contributed by atoms with van der Waals surface area (Å²) in [5.74, 6) is 1.12. The van der Waals surface area contributed by atoms with Crippen molar-refractivity contribution in [3.05, 3.63) is 46.5 Å². The van der Waals surface area contributed by atoms with Gasteiger partial charge in [-0.1, -0.05) is 19.3 Å². The monoisotopic (exact) mass is 380 g/mol. The molecule has 1 aliphatic carbocycles. The maximum atomic E-state index is 11.7. The van der Waals surface area contributed by atoms with E-state index in [-0.39, 0.29) is 10.6 Å². The minimum Gasteiger partial charge on any atom is -0.297 e. The van der Waals surface area contributed by atoms with Gasteiger partial charge < -0.3 is 0 Å². The second-order valence-corrected chi connectivity index (χ2v) is 8.97. The lowest BCUT2D eigenvalue weighted by atomic mass is 9.88. The van der Waals surface area contributed by atoms with E-state index in [1.165, 1.54) is 37.0 Å². The predicted octanol–water partition coefficient (Wildman–Crippen LogP) is 4.41. The summed E-state index contributed by atoms with van der Waals surface area (Å²) in [4.78, 5) is 15.7. The van der Waals surface area contributed by atoms with Gasteiger partial charge in [-0.25, -0.2) is 9.29 Å². The van der Waals surface area contributed by atoms with Crippen molar-refractivity contribution in [1.29, 1.82) is 0 Å². The number of nitrogens with zero attached hydrogens (tertiary/aromatic N) is 4. The van der Waals surface area contributed by atoms with Gasteiger partial charge in [0.15, 0.2) is 0 Å². The second kappa shape index (κ2) is 7.36. The Morgan fingerprint density at radius 3 is 2.58 bits per heavy atom. The van der Waals surface area contributed by atoms with Gasteiger partial charge in [-0.2, -0.15) is 0 Å². The molecule has 1 saturated carbocycles. The molecule has 1 heterocycles. The number of imidazole rings is 1. The van der Waals surface area contributed by atoms with E-state index >= 15 is 0 Å². The van der Waals surface area contributed by atoms with Crippen LogP contribution in [0.3, 0.4) is 0 Å². The van der Waals surface area contributed by atoms with Gasteiger partial charge in [-0.3, -0.25) is 23.8 Å². The smallest absolute Gasteiger partial charge is 0.295 e. The van der Waals surface area contributed by atoms with Crippen LogP contribution in [-0.2, 0) is 0 Å². The van der Waals surface area contributed by atoms with Gasteiger partial charge in [-0.05, 0) is 25.0 Å². The van der Waals surface area contributed by atoms with Crippen LogP contribution in [0.2, 0.25) is 0 Å². The molecule has 142 valence electrons. The summed E-state index contributed by atoms with van der Waals surface area (Å²) in [6.07, 6.45) is 8.96. The first kappa shape index (κ1) is 18.8. The highest BCUT2D eigenvalue weighted by Crippen LogP contribution is 2.51. The number of benzene rings is 1. The average Bonchev–Trinajstić information content (AvgIpc) is 3.11. The zero-order chi connectivity index (χ0) is 18.9. The summed E-state index contributed by atoms with van der Waals surface area (Å²) in [5.41, 5.74) is 0.227. The van der Waals surface area contributed by atoms with Crippen LogP contribution in [0.4, 0.5) is 5.69 Å². The van der Waals surface area contributed by atoms with Gasteiger partial charge in [0.1, 0.15) is 11.5 Å². The Morgan fingerprint density at radius 1 is 1.27 bits per heavy atom. The van der Waals surface area contributed by atoms with Crippen LogP contribution in [0.15, 0.2) is 35.5 Å². The zero-order valence-corrected chi connectivity index (χ0v) is 15.7. The molecule has 2 N–H and O–H groups in total. The molecule has 1 aromatic carbocycles. The minimum atomic E-state index is -3.25. The fourth-order valence-electron chi connectivity index (χ4n) is 3.42. The molecule has 1 fully saturated rings. The molecule has 8 nitrogen and oxygen atoms in total. The summed E-state index contributed by atoms with van der Waals surface area (Å²) in [5, 5.41) is 11.7. The van der Waals surface area contributed by atoms with Crippen molar-refractivity contribution in [2.45, 2.75) is 42.9 Å². The highest BCUT2D eigenvalue weighted by atomic mass is 32.3. The van der Waals surface area contributed by atoms with Crippen LogP contribution >= 0.6 is 10.8 Å². The molecule has 3 rings (SSSR count). The Bertz CT molecular complexity index is 800. The first-order valence-electron chi connectivity index (χ1n) is 8.60. The van der Waals surface area contributed by atoms with Gasteiger partial charge in [0.05, 0.1) is 9.82 Å². The van der Waals surface area contributed by atoms with Gasteiger partial charge in [0.25, 0.3) is 5.69 Å². The molecular formula is C17H24N4O4S. The van der Waals surface area contributed by atoms with Crippen molar-refractivity contribution in [2.75, 3.05) is 14.1 Å². The highest BCUT2D eigenvalue weighted by Gasteiger charge is 2.27. The highest BCUT2D eigenvalue weighted by molar-refractivity contribution is 8.22. The largest absolute Gasteiger partial charge is 0.297 e. The SMILES string of the molecule is CN(C)S(O)(O)c1ccc(-n2ccnc2C2CCCCC2)c([N+](=O)[O-])c1. The van der Waals surface area contributed by atoms with E-state index in [9.17, 15) is 19.2 Å². The van der Waals surface area contributed by atoms with Crippen molar-refractivity contribution >= 4 is 16.5 Å². The molecule has 26 heavy (non-hydrogen) atoms. The van der Waals surface area contributed by atoms with Crippen molar-refractivity contribution in [1.82, 2.24) is 13.9 Å². The molecule has 1 aromatic heterocycles. The lowest BCUT2D eigenvalue weighted by Gasteiger charge is -2.38. The molecule has 0 radical (unpaired) electrons. The molecule has 0 bridgehead atoms. The van der Waals surface area contributed by atoms with Crippen LogP contribution < -0.4 is 0 Å². The van der Waals surface area contributed by atoms with E-state index in [4.69, 9.17) is 0 Å². The minimum absolute atomic E-state index is 0.122. The quantitative estimate of drug-likeness (QED) is 0.588. The Hall–Kier alpha value is -1.94. The molecule has 1 aliphatic rings. The zero-order valence-electron chi connectivity index (χ0n) is 14.9. The first-order valence-corrected chi connectivity index (χ1v) is 10.1. The Kier molecular flexibility index (Phi) is 5.33. The predicted molar refractivity (Wildman–Crippen MR) is 101 cm³/mol. The van der Waals surface area contributed by atoms with Gasteiger partial charge >= 0.3 is 0 Å². The summed E-state index contributed by atoms with van der Waals surface area (Å²) < 4.78 is 23.6. The maximum absolute atomic E-state index is 11.7. The van der Waals surface area contributed by atoms with Crippen LogP contribution in [-0.4, -0.2) is 42.0 Å². The van der Waals surface area contributed by atoms with Crippen LogP contribution in [0.1, 0.15) is 43.8 Å². The first-order chi connectivity index (χ1) is 12.3. The second-order valence-electron chi connectivity index (χ2n) is 6.73. The van der Waals surface area contributed by atoms with Crippen molar-refractivity contribution < 1.29 is 14.0 Å². The number of hydrogen-bond acceptors (Lipinski definition) is 6. The number of aromatic nitrogens is 2. The molecule has 9 heteroatoms. The molecule has 0 amide bonds. The third-order valence-corrected chi connectivity index (χ3v) is 6.77. The van der Waals surface area contributed by atoms with Crippen LogP contribution in [0.5, 0.6) is 0 Å². The molecule has 2 aromatic rings. The Morgan fingerprint density at radius 2 is 1.96 bits per heavy atom. The number of nitro groups is 1. The molecule has 0 unspecified atom stereocenters. The fraction of sp³-hybridized carbons (Fsp3) is 0.471. The summed E-state index contributed by atoms with van der Waals surface area (Å²) in [7, 11) is -0.205. The maximum Gasteiger partial charge on any atom is 0.295 e. The Labute approximate surface area is 154 Å². The number of hydrogen-bond donors (Lipinski definition) is 2. The third-order valence-electron chi connectivity index (χ3n) is 4.87. The standard InChI is InChI=1S/C17H24N4O4S/c1-19(2)26(24,25)14-8-9-15(16(12-14)21(22)23)20-11-10-18-17(20)13-6-4-3-5-7-13/h8-13,24-25H,3-7H2,1-2H3. The summed E-state index contributed by atoms with van der Waals surface area (Å²) in [6, 6.07) is 4.34. The number of rotatable bonds is 5. The van der Waals surface area contributed by atoms with Crippen molar-refractivity contribution in [3.8, 4) is 5.69 Å². The molecular weight excluding hydrogens is 356 g/mol. The molecule has 0 saturated heterocycles. The lowest BCUT2D eigenvalue weighted by Crippen LogP contribution is -2.19.